The van der Waals surface area contributed by atoms with Gasteiger partial charge in [-0.15, -0.1) is 24.0 Å². The van der Waals surface area contributed by atoms with Crippen molar-refractivity contribution < 1.29 is 9.84 Å². The Kier molecular flexibility index (Phi) is 10.9. The molecule has 2 aromatic rings. The number of aliphatic imine (C=N–C) groups is 1. The number of methoxy groups -OCH3 is 1. The van der Waals surface area contributed by atoms with Crippen molar-refractivity contribution in [3.8, 4) is 11.5 Å². The van der Waals surface area contributed by atoms with Gasteiger partial charge in [-0.3, -0.25) is 9.89 Å². The summed E-state index contributed by atoms with van der Waals surface area (Å²) in [7, 11) is 3.51. The molecule has 7 heteroatoms. The molecule has 6 nitrogen and oxygen atoms in total. The molecule has 0 saturated carbocycles. The maximum absolute atomic E-state index is 9.38. The molecule has 0 aliphatic carbocycles. The summed E-state index contributed by atoms with van der Waals surface area (Å²) in [5, 5.41) is 16.3. The predicted octanol–water partition coefficient (Wildman–Crippen LogP) is 3.95. The van der Waals surface area contributed by atoms with Crippen molar-refractivity contribution in [2.24, 2.45) is 4.99 Å². The van der Waals surface area contributed by atoms with Gasteiger partial charge in [-0.05, 0) is 74.2 Å². The van der Waals surface area contributed by atoms with Crippen molar-refractivity contribution in [3.05, 3.63) is 59.7 Å². The normalized spacial score (nSPS) is 15.2. The van der Waals surface area contributed by atoms with Crippen LogP contribution in [0.1, 0.15) is 36.4 Å². The second-order valence-electron chi connectivity index (χ2n) is 7.68. The Morgan fingerprint density at radius 2 is 1.74 bits per heavy atom. The number of phenolic OH excluding ortho intramolecular Hbond substituents is 1. The molecule has 2 aromatic carbocycles. The third-order valence-corrected chi connectivity index (χ3v) is 5.64. The second kappa shape index (κ2) is 13.4. The number of aryl methyl sites for hydroxylation is 1. The minimum absolute atomic E-state index is 0. The molecule has 1 aliphatic rings. The van der Waals surface area contributed by atoms with Gasteiger partial charge in [0.1, 0.15) is 11.5 Å². The van der Waals surface area contributed by atoms with Crippen molar-refractivity contribution in [1.82, 2.24) is 15.5 Å². The van der Waals surface area contributed by atoms with E-state index in [0.29, 0.717) is 11.8 Å². The highest BCUT2D eigenvalue weighted by molar-refractivity contribution is 14.0. The molecular weight excluding hydrogens is 503 g/mol. The van der Waals surface area contributed by atoms with Gasteiger partial charge in [0.25, 0.3) is 0 Å². The van der Waals surface area contributed by atoms with E-state index in [1.807, 2.05) is 31.3 Å². The summed E-state index contributed by atoms with van der Waals surface area (Å²) in [6.07, 6.45) is 4.49. The fraction of sp³-hybridized carbons (Fsp3) is 0.458. The summed E-state index contributed by atoms with van der Waals surface area (Å²) in [6.45, 7) is 3.93. The smallest absolute Gasteiger partial charge is 0.191 e. The van der Waals surface area contributed by atoms with Crippen molar-refractivity contribution >= 4 is 29.9 Å². The maximum atomic E-state index is 9.38. The zero-order valence-electron chi connectivity index (χ0n) is 18.5. The van der Waals surface area contributed by atoms with Gasteiger partial charge < -0.3 is 20.5 Å². The first-order valence-corrected chi connectivity index (χ1v) is 10.8. The van der Waals surface area contributed by atoms with Crippen LogP contribution in [0.4, 0.5) is 0 Å². The Labute approximate surface area is 203 Å². The van der Waals surface area contributed by atoms with Crippen molar-refractivity contribution in [3.63, 3.8) is 0 Å². The molecule has 1 atom stereocenters. The topological polar surface area (TPSA) is 69.1 Å². The molecule has 1 aliphatic heterocycles. The van der Waals surface area contributed by atoms with Crippen LogP contribution in [-0.4, -0.2) is 56.3 Å². The van der Waals surface area contributed by atoms with E-state index in [-0.39, 0.29) is 24.0 Å². The molecule has 1 unspecified atom stereocenters. The van der Waals surface area contributed by atoms with Crippen LogP contribution < -0.4 is 15.4 Å². The lowest BCUT2D eigenvalue weighted by molar-refractivity contribution is 0.245. The van der Waals surface area contributed by atoms with Crippen LogP contribution in [0.3, 0.4) is 0 Å². The SMILES string of the molecule is CN=C(NCCCc1ccc(O)cc1)NCC(c1ccc(OC)cc1)N1CCCC1.I. The molecule has 31 heavy (non-hydrogen) atoms. The van der Waals surface area contributed by atoms with Gasteiger partial charge in [0.05, 0.1) is 13.2 Å². The number of ether oxygens (including phenoxy) is 1. The van der Waals surface area contributed by atoms with Gasteiger partial charge in [0.15, 0.2) is 5.96 Å². The minimum Gasteiger partial charge on any atom is -0.508 e. The van der Waals surface area contributed by atoms with E-state index in [4.69, 9.17) is 4.74 Å². The zero-order chi connectivity index (χ0) is 21.2. The highest BCUT2D eigenvalue weighted by Crippen LogP contribution is 2.26. The van der Waals surface area contributed by atoms with Crippen molar-refractivity contribution in [2.45, 2.75) is 31.7 Å². The number of hydrogen-bond donors (Lipinski definition) is 3. The fourth-order valence-electron chi connectivity index (χ4n) is 3.91. The quantitative estimate of drug-likeness (QED) is 0.195. The van der Waals surface area contributed by atoms with Gasteiger partial charge in [-0.2, -0.15) is 0 Å². The van der Waals surface area contributed by atoms with E-state index in [1.54, 1.807) is 19.2 Å². The predicted molar refractivity (Wildman–Crippen MR) is 138 cm³/mol. The summed E-state index contributed by atoms with van der Waals surface area (Å²) >= 11 is 0. The summed E-state index contributed by atoms with van der Waals surface area (Å²) in [5.41, 5.74) is 2.53. The van der Waals surface area contributed by atoms with Crippen LogP contribution in [-0.2, 0) is 6.42 Å². The van der Waals surface area contributed by atoms with Gasteiger partial charge >= 0.3 is 0 Å². The largest absolute Gasteiger partial charge is 0.508 e. The lowest BCUT2D eigenvalue weighted by atomic mass is 10.1. The van der Waals surface area contributed by atoms with Crippen LogP contribution in [0, 0.1) is 0 Å². The lowest BCUT2D eigenvalue weighted by Crippen LogP contribution is -2.43. The molecule has 0 radical (unpaired) electrons. The molecule has 0 aromatic heterocycles. The molecule has 170 valence electrons. The number of guanidine groups is 1. The van der Waals surface area contributed by atoms with E-state index in [1.165, 1.54) is 24.0 Å². The minimum atomic E-state index is 0. The van der Waals surface area contributed by atoms with Gasteiger partial charge in [-0.25, -0.2) is 0 Å². The summed E-state index contributed by atoms with van der Waals surface area (Å²) in [6, 6.07) is 16.1. The Hall–Kier alpha value is -2.00. The van der Waals surface area contributed by atoms with Crippen LogP contribution in [0.25, 0.3) is 0 Å². The summed E-state index contributed by atoms with van der Waals surface area (Å²) in [4.78, 5) is 6.94. The van der Waals surface area contributed by atoms with Crippen molar-refractivity contribution in [2.75, 3.05) is 40.3 Å². The standard InChI is InChI=1S/C24H34N4O2.HI/c1-25-24(26-15-5-6-19-7-11-21(29)12-8-19)27-18-23(28-16-3-4-17-28)20-9-13-22(30-2)14-10-20;/h7-14,23,29H,3-6,15-18H2,1-2H3,(H2,25,26,27);1H. The second-order valence-corrected chi connectivity index (χ2v) is 7.68. The molecule has 0 bridgehead atoms. The average molecular weight is 538 g/mol. The van der Waals surface area contributed by atoms with Crippen LogP contribution in [0.2, 0.25) is 0 Å². The van der Waals surface area contributed by atoms with E-state index in [9.17, 15) is 5.11 Å². The summed E-state index contributed by atoms with van der Waals surface area (Å²) in [5.74, 6) is 2.03. The number of hydrogen-bond acceptors (Lipinski definition) is 4. The van der Waals surface area contributed by atoms with E-state index in [0.717, 1.165) is 50.7 Å². The number of likely N-dealkylation sites (tertiary alicyclic amines) is 1. The molecule has 1 fully saturated rings. The number of phenols is 1. The van der Waals surface area contributed by atoms with E-state index < -0.39 is 0 Å². The van der Waals surface area contributed by atoms with Crippen LogP contribution >= 0.6 is 24.0 Å². The molecule has 0 amide bonds. The third kappa shape index (κ3) is 7.88. The molecule has 3 N–H and O–H groups in total. The highest BCUT2D eigenvalue weighted by Gasteiger charge is 2.23. The third-order valence-electron chi connectivity index (χ3n) is 5.64. The first-order chi connectivity index (χ1) is 14.7. The Morgan fingerprint density at radius 3 is 2.35 bits per heavy atom. The average Bonchev–Trinajstić information content (AvgIpc) is 3.31. The number of nitrogens with one attached hydrogen (secondary N) is 2. The zero-order valence-corrected chi connectivity index (χ0v) is 20.8. The lowest BCUT2D eigenvalue weighted by Gasteiger charge is -2.29. The number of aromatic hydroxyl groups is 1. The Morgan fingerprint density at radius 1 is 1.06 bits per heavy atom. The Balaban J connectivity index is 0.00000341. The molecule has 1 heterocycles. The Bertz CT molecular complexity index is 790. The number of benzene rings is 2. The maximum Gasteiger partial charge on any atom is 0.191 e. The van der Waals surface area contributed by atoms with Crippen LogP contribution in [0.5, 0.6) is 11.5 Å². The summed E-state index contributed by atoms with van der Waals surface area (Å²) < 4.78 is 5.31. The molecule has 1 saturated heterocycles. The van der Waals surface area contributed by atoms with E-state index in [2.05, 4.69) is 32.7 Å². The first kappa shape index (κ1) is 25.3. The first-order valence-electron chi connectivity index (χ1n) is 10.8. The van der Waals surface area contributed by atoms with Gasteiger partial charge in [-0.1, -0.05) is 24.3 Å². The van der Waals surface area contributed by atoms with E-state index >= 15 is 0 Å². The monoisotopic (exact) mass is 538 g/mol. The molecule has 0 spiro atoms. The van der Waals surface area contributed by atoms with Crippen molar-refractivity contribution in [1.29, 1.82) is 0 Å². The van der Waals surface area contributed by atoms with Gasteiger partial charge in [0.2, 0.25) is 0 Å². The van der Waals surface area contributed by atoms with Gasteiger partial charge in [0, 0.05) is 20.1 Å². The highest BCUT2D eigenvalue weighted by atomic mass is 127. The molecular formula is C24H35IN4O2. The number of nitrogens with zero attached hydrogens (tertiary/aromatic N) is 2. The molecule has 3 rings (SSSR count). The van der Waals surface area contributed by atoms with Crippen LogP contribution in [0.15, 0.2) is 53.5 Å². The number of halogens is 1. The number of rotatable bonds is 9. The fourth-order valence-corrected chi connectivity index (χ4v) is 3.91.